The van der Waals surface area contributed by atoms with Crippen LogP contribution in [0.25, 0.3) is 0 Å². The Morgan fingerprint density at radius 2 is 2.00 bits per heavy atom. The topological polar surface area (TPSA) is 91.4 Å². The third-order valence-electron chi connectivity index (χ3n) is 5.15. The van der Waals surface area contributed by atoms with Crippen molar-refractivity contribution in [2.24, 2.45) is 0 Å². The van der Waals surface area contributed by atoms with Crippen LogP contribution in [-0.2, 0) is 28.0 Å². The standard InChI is InChI=1S/C20H20N4O3/c25-17(22-12-9-15-6-3-4-11-21-15)13-24-18(26)20(23-19(24)27)10-8-14-5-1-2-7-16(14)20/h1-7,11H,8-10,12-13H2,(H,22,25)(H,23,27)/t20-/m1/s1. The van der Waals surface area contributed by atoms with Crippen molar-refractivity contribution in [3.63, 3.8) is 0 Å². The SMILES string of the molecule is O=C(CN1C(=O)N[C@@]2(CCc3ccccc32)C1=O)NCCc1ccccn1. The summed E-state index contributed by atoms with van der Waals surface area (Å²) in [5.74, 6) is -0.713. The number of benzene rings is 1. The van der Waals surface area contributed by atoms with Crippen molar-refractivity contribution < 1.29 is 14.4 Å². The number of aromatic nitrogens is 1. The third kappa shape index (κ3) is 3.05. The fourth-order valence-electron chi connectivity index (χ4n) is 3.81. The Balaban J connectivity index is 1.39. The van der Waals surface area contributed by atoms with Gasteiger partial charge in [-0.15, -0.1) is 0 Å². The molecule has 0 radical (unpaired) electrons. The summed E-state index contributed by atoms with van der Waals surface area (Å²) in [6.07, 6.45) is 3.54. The Morgan fingerprint density at radius 3 is 2.81 bits per heavy atom. The van der Waals surface area contributed by atoms with E-state index in [1.165, 1.54) is 0 Å². The highest BCUT2D eigenvalue weighted by molar-refractivity contribution is 6.09. The number of hydrogen-bond acceptors (Lipinski definition) is 4. The molecule has 138 valence electrons. The van der Waals surface area contributed by atoms with Crippen molar-refractivity contribution in [3.8, 4) is 0 Å². The summed E-state index contributed by atoms with van der Waals surface area (Å²) in [5.41, 5.74) is 1.74. The van der Waals surface area contributed by atoms with Crippen LogP contribution < -0.4 is 10.6 Å². The molecule has 2 N–H and O–H groups in total. The zero-order valence-corrected chi connectivity index (χ0v) is 14.8. The van der Waals surface area contributed by atoms with Gasteiger partial charge in [0.1, 0.15) is 12.1 Å². The largest absolute Gasteiger partial charge is 0.354 e. The van der Waals surface area contributed by atoms with Crippen molar-refractivity contribution in [1.82, 2.24) is 20.5 Å². The van der Waals surface area contributed by atoms with Gasteiger partial charge < -0.3 is 10.6 Å². The fourth-order valence-corrected chi connectivity index (χ4v) is 3.81. The van der Waals surface area contributed by atoms with E-state index in [1.54, 1.807) is 6.20 Å². The average molecular weight is 364 g/mol. The van der Waals surface area contributed by atoms with Gasteiger partial charge in [0.15, 0.2) is 0 Å². The van der Waals surface area contributed by atoms with E-state index in [0.717, 1.165) is 28.1 Å². The number of nitrogens with one attached hydrogen (secondary N) is 2. The molecule has 1 aliphatic carbocycles. The Hall–Kier alpha value is -3.22. The Kier molecular flexibility index (Phi) is 4.35. The first kappa shape index (κ1) is 17.2. The van der Waals surface area contributed by atoms with Crippen LogP contribution in [0.4, 0.5) is 4.79 Å². The van der Waals surface area contributed by atoms with Gasteiger partial charge in [-0.1, -0.05) is 30.3 Å². The first-order valence-electron chi connectivity index (χ1n) is 8.99. The van der Waals surface area contributed by atoms with E-state index in [4.69, 9.17) is 0 Å². The summed E-state index contributed by atoms with van der Waals surface area (Å²) in [4.78, 5) is 42.8. The zero-order valence-electron chi connectivity index (χ0n) is 14.8. The minimum atomic E-state index is -1.03. The van der Waals surface area contributed by atoms with E-state index >= 15 is 0 Å². The molecule has 0 bridgehead atoms. The van der Waals surface area contributed by atoms with Crippen LogP contribution in [0.5, 0.6) is 0 Å². The lowest BCUT2D eigenvalue weighted by molar-refractivity contribution is -0.135. The number of rotatable bonds is 5. The van der Waals surface area contributed by atoms with Gasteiger partial charge in [0, 0.05) is 24.9 Å². The monoisotopic (exact) mass is 364 g/mol. The van der Waals surface area contributed by atoms with E-state index in [1.807, 2.05) is 42.5 Å². The van der Waals surface area contributed by atoms with Crippen molar-refractivity contribution >= 4 is 17.8 Å². The molecular formula is C20H20N4O3. The Morgan fingerprint density at radius 1 is 1.19 bits per heavy atom. The van der Waals surface area contributed by atoms with Crippen LogP contribution in [-0.4, -0.2) is 40.8 Å². The van der Waals surface area contributed by atoms with E-state index in [9.17, 15) is 14.4 Å². The number of nitrogens with zero attached hydrogens (tertiary/aromatic N) is 2. The Bertz CT molecular complexity index is 899. The molecule has 7 heteroatoms. The molecule has 1 fully saturated rings. The van der Waals surface area contributed by atoms with Gasteiger partial charge in [-0.3, -0.25) is 19.5 Å². The summed E-state index contributed by atoms with van der Waals surface area (Å²) in [6.45, 7) is 0.115. The van der Waals surface area contributed by atoms with Gasteiger partial charge in [-0.05, 0) is 36.1 Å². The van der Waals surface area contributed by atoms with Crippen LogP contribution in [0.1, 0.15) is 23.2 Å². The summed E-state index contributed by atoms with van der Waals surface area (Å²) in [5, 5.41) is 5.56. The molecule has 2 heterocycles. The number of amides is 4. The average Bonchev–Trinajstić information content (AvgIpc) is 3.16. The normalized spacial score (nSPS) is 20.7. The number of carbonyl (C=O) groups excluding carboxylic acids is 3. The molecule has 1 aromatic carbocycles. The van der Waals surface area contributed by atoms with E-state index in [0.29, 0.717) is 19.4 Å². The minimum absolute atomic E-state index is 0.281. The number of imide groups is 1. The van der Waals surface area contributed by atoms with Gasteiger partial charge in [0.2, 0.25) is 5.91 Å². The van der Waals surface area contributed by atoms with Gasteiger partial charge in [0.05, 0.1) is 0 Å². The lowest BCUT2D eigenvalue weighted by Crippen LogP contribution is -2.44. The van der Waals surface area contributed by atoms with Crippen LogP contribution >= 0.6 is 0 Å². The van der Waals surface area contributed by atoms with E-state index < -0.39 is 11.6 Å². The summed E-state index contributed by atoms with van der Waals surface area (Å²) >= 11 is 0. The number of hydrogen-bond donors (Lipinski definition) is 2. The highest BCUT2D eigenvalue weighted by Gasteiger charge is 2.55. The van der Waals surface area contributed by atoms with Crippen molar-refractivity contribution in [1.29, 1.82) is 0 Å². The predicted molar refractivity (Wildman–Crippen MR) is 97.6 cm³/mol. The molecule has 2 aliphatic rings. The second kappa shape index (κ2) is 6.83. The lowest BCUT2D eigenvalue weighted by atomic mass is 9.92. The van der Waals surface area contributed by atoms with Crippen LogP contribution in [0.2, 0.25) is 0 Å². The predicted octanol–water partition coefficient (Wildman–Crippen LogP) is 1.13. The Labute approximate surface area is 156 Å². The maximum atomic E-state index is 13.0. The van der Waals surface area contributed by atoms with Gasteiger partial charge >= 0.3 is 6.03 Å². The first-order valence-corrected chi connectivity index (χ1v) is 8.99. The summed E-state index contributed by atoms with van der Waals surface area (Å²) in [6, 6.07) is 12.7. The maximum Gasteiger partial charge on any atom is 0.325 e. The highest BCUT2D eigenvalue weighted by atomic mass is 16.2. The zero-order chi connectivity index (χ0) is 18.9. The first-order chi connectivity index (χ1) is 13.1. The smallest absolute Gasteiger partial charge is 0.325 e. The van der Waals surface area contributed by atoms with Crippen molar-refractivity contribution in [2.45, 2.75) is 24.8 Å². The fraction of sp³-hybridized carbons (Fsp3) is 0.300. The molecule has 0 saturated carbocycles. The molecule has 2 aromatic rings. The van der Waals surface area contributed by atoms with Crippen molar-refractivity contribution in [3.05, 3.63) is 65.5 Å². The van der Waals surface area contributed by atoms with Crippen molar-refractivity contribution in [2.75, 3.05) is 13.1 Å². The van der Waals surface area contributed by atoms with Gasteiger partial charge in [0.25, 0.3) is 5.91 Å². The van der Waals surface area contributed by atoms with E-state index in [2.05, 4.69) is 15.6 Å². The molecule has 1 aliphatic heterocycles. The molecule has 4 rings (SSSR count). The molecule has 0 unspecified atom stereocenters. The van der Waals surface area contributed by atoms with Gasteiger partial charge in [-0.2, -0.15) is 0 Å². The number of pyridine rings is 1. The number of urea groups is 1. The lowest BCUT2D eigenvalue weighted by Gasteiger charge is -2.22. The molecule has 1 atom stereocenters. The number of aryl methyl sites for hydroxylation is 1. The molecule has 1 saturated heterocycles. The summed E-state index contributed by atoms with van der Waals surface area (Å²) < 4.78 is 0. The second-order valence-electron chi connectivity index (χ2n) is 6.80. The molecule has 1 spiro atoms. The molecule has 27 heavy (non-hydrogen) atoms. The summed E-state index contributed by atoms with van der Waals surface area (Å²) in [7, 11) is 0. The molecule has 4 amide bonds. The second-order valence-corrected chi connectivity index (χ2v) is 6.80. The number of fused-ring (bicyclic) bond motifs is 2. The maximum absolute atomic E-state index is 13.0. The molecular weight excluding hydrogens is 344 g/mol. The third-order valence-corrected chi connectivity index (χ3v) is 5.15. The molecule has 1 aromatic heterocycles. The van der Waals surface area contributed by atoms with Crippen LogP contribution in [0, 0.1) is 0 Å². The molecule has 7 nitrogen and oxygen atoms in total. The minimum Gasteiger partial charge on any atom is -0.354 e. The number of carbonyl (C=O) groups is 3. The van der Waals surface area contributed by atoms with Crippen LogP contribution in [0.3, 0.4) is 0 Å². The quantitative estimate of drug-likeness (QED) is 0.778. The highest BCUT2D eigenvalue weighted by Crippen LogP contribution is 2.41. The van der Waals surface area contributed by atoms with E-state index in [-0.39, 0.29) is 18.4 Å². The van der Waals surface area contributed by atoms with Gasteiger partial charge in [-0.25, -0.2) is 4.79 Å². The van der Waals surface area contributed by atoms with Crippen LogP contribution in [0.15, 0.2) is 48.7 Å².